The van der Waals surface area contributed by atoms with Crippen molar-refractivity contribution in [3.63, 3.8) is 0 Å². The fourth-order valence-corrected chi connectivity index (χ4v) is 4.41. The molecule has 3 aromatic heterocycles. The third-order valence-electron chi connectivity index (χ3n) is 6.38. The lowest BCUT2D eigenvalue weighted by atomic mass is 10.1. The Kier molecular flexibility index (Phi) is 5.30. The molecule has 176 valence electrons. The number of rotatable bonds is 2. The van der Waals surface area contributed by atoms with Crippen LogP contribution in [0.25, 0.3) is 27.6 Å². The number of amides is 1. The van der Waals surface area contributed by atoms with Gasteiger partial charge >= 0.3 is 0 Å². The van der Waals surface area contributed by atoms with Crippen LogP contribution in [0.1, 0.15) is 11.1 Å². The first-order chi connectivity index (χ1) is 17.6. The van der Waals surface area contributed by atoms with Crippen molar-refractivity contribution in [1.29, 1.82) is 0 Å². The molecule has 6 rings (SSSR count). The molecule has 0 aliphatic carbocycles. The topological polar surface area (TPSA) is 67.2 Å². The molecule has 5 aromatic rings. The van der Waals surface area contributed by atoms with Gasteiger partial charge in [0.1, 0.15) is 5.52 Å². The predicted molar refractivity (Wildman–Crippen MR) is 136 cm³/mol. The summed E-state index contributed by atoms with van der Waals surface area (Å²) in [5, 5.41) is 0.760. The van der Waals surface area contributed by atoms with E-state index in [1.807, 2.05) is 66.5 Å². The molecule has 4 heterocycles. The van der Waals surface area contributed by atoms with Crippen LogP contribution in [-0.4, -0.2) is 57.0 Å². The van der Waals surface area contributed by atoms with E-state index in [-0.39, 0.29) is 5.91 Å². The molecule has 7 nitrogen and oxygen atoms in total. The minimum Gasteiger partial charge on any atom is -0.360 e. The Morgan fingerprint density at radius 3 is 2.50 bits per heavy atom. The molecule has 1 aliphatic rings. The van der Waals surface area contributed by atoms with Gasteiger partial charge in [0.25, 0.3) is 6.08 Å². The van der Waals surface area contributed by atoms with E-state index >= 15 is 4.39 Å². The van der Waals surface area contributed by atoms with Crippen LogP contribution < -0.4 is 4.90 Å². The van der Waals surface area contributed by atoms with Crippen LogP contribution >= 0.6 is 0 Å². The summed E-state index contributed by atoms with van der Waals surface area (Å²) in [6, 6.07) is 16.9. The number of benzene rings is 2. The number of likely N-dealkylation sites (N-methyl/N-ethyl adjacent to an activating group) is 1. The monoisotopic (exact) mass is 476 g/mol. The molecule has 1 fully saturated rings. The zero-order chi connectivity index (χ0) is 24.6. The van der Waals surface area contributed by atoms with Crippen molar-refractivity contribution in [2.24, 2.45) is 0 Å². The van der Waals surface area contributed by atoms with Gasteiger partial charge in [0.2, 0.25) is 5.91 Å². The maximum atomic E-state index is 15.2. The van der Waals surface area contributed by atoms with Crippen LogP contribution in [0.4, 0.5) is 10.1 Å². The van der Waals surface area contributed by atoms with Crippen molar-refractivity contribution in [2.45, 2.75) is 0 Å². The summed E-state index contributed by atoms with van der Waals surface area (Å²) in [6.45, 7) is 1.76. The van der Waals surface area contributed by atoms with E-state index in [2.05, 4.69) is 26.8 Å². The van der Waals surface area contributed by atoms with Gasteiger partial charge in [-0.05, 0) is 54.6 Å². The number of hydrogen-bond acceptors (Lipinski definition) is 5. The van der Waals surface area contributed by atoms with Crippen molar-refractivity contribution in [3.05, 3.63) is 90.4 Å². The second-order valence-electron chi connectivity index (χ2n) is 8.69. The zero-order valence-electron chi connectivity index (χ0n) is 19.5. The number of hydrogen-bond donors (Lipinski definition) is 0. The number of pyridine rings is 2. The molecule has 8 heteroatoms. The summed E-state index contributed by atoms with van der Waals surface area (Å²) >= 11 is 0. The Hall–Kier alpha value is -4.77. The van der Waals surface area contributed by atoms with Gasteiger partial charge in [0.05, 0.1) is 29.5 Å². The molecule has 1 aliphatic heterocycles. The Morgan fingerprint density at radius 1 is 0.917 bits per heavy atom. The van der Waals surface area contributed by atoms with Crippen LogP contribution in [0.2, 0.25) is 0 Å². The van der Waals surface area contributed by atoms with Crippen LogP contribution in [0.15, 0.2) is 73.2 Å². The molecule has 0 unspecified atom stereocenters. The van der Waals surface area contributed by atoms with Gasteiger partial charge in [0, 0.05) is 54.7 Å². The van der Waals surface area contributed by atoms with E-state index in [1.54, 1.807) is 23.5 Å². The Bertz CT molecular complexity index is 1670. The van der Waals surface area contributed by atoms with Crippen molar-refractivity contribution >= 4 is 33.5 Å². The van der Waals surface area contributed by atoms with E-state index in [9.17, 15) is 4.79 Å². The van der Waals surface area contributed by atoms with Crippen LogP contribution in [-0.2, 0) is 4.79 Å². The second kappa shape index (κ2) is 8.78. The fraction of sp³-hybridized carbons (Fsp3) is 0.143. The van der Waals surface area contributed by atoms with Gasteiger partial charge in [-0.3, -0.25) is 19.3 Å². The number of carbonyl (C=O) groups excluding carboxylic acids is 1. The molecule has 0 N–H and O–H groups in total. The highest BCUT2D eigenvalue weighted by molar-refractivity contribution is 6.03. The summed E-state index contributed by atoms with van der Waals surface area (Å²) < 4.78 is 16.7. The van der Waals surface area contributed by atoms with Crippen LogP contribution in [0.3, 0.4) is 0 Å². The first kappa shape index (κ1) is 21.7. The van der Waals surface area contributed by atoms with E-state index in [4.69, 9.17) is 0 Å². The number of imidazole rings is 1. The first-order valence-corrected chi connectivity index (χ1v) is 11.5. The second-order valence-corrected chi connectivity index (χ2v) is 8.69. The molecule has 0 bridgehead atoms. The zero-order valence-corrected chi connectivity index (χ0v) is 19.5. The van der Waals surface area contributed by atoms with E-state index in [1.165, 1.54) is 4.57 Å². The molecule has 36 heavy (non-hydrogen) atoms. The maximum Gasteiger partial charge on any atom is 0.294 e. The Labute approximate surface area is 206 Å². The van der Waals surface area contributed by atoms with Crippen molar-refractivity contribution in [3.8, 4) is 17.5 Å². The largest absolute Gasteiger partial charge is 0.360 e. The quantitative estimate of drug-likeness (QED) is 0.363. The number of fused-ring (bicyclic) bond motifs is 3. The van der Waals surface area contributed by atoms with Crippen LogP contribution in [0, 0.1) is 17.9 Å². The number of piperazine rings is 1. The summed E-state index contributed by atoms with van der Waals surface area (Å²) in [4.78, 5) is 28.5. The number of halogens is 1. The summed E-state index contributed by atoms with van der Waals surface area (Å²) in [5.74, 6) is 6.35. The molecule has 0 saturated carbocycles. The van der Waals surface area contributed by atoms with Gasteiger partial charge in [-0.1, -0.05) is 11.8 Å². The average Bonchev–Trinajstić information content (AvgIpc) is 3.26. The van der Waals surface area contributed by atoms with Gasteiger partial charge in [-0.25, -0.2) is 4.98 Å². The number of nitrogens with zero attached hydrogens (tertiary/aromatic N) is 6. The molecule has 0 spiro atoms. The summed E-state index contributed by atoms with van der Waals surface area (Å²) in [5.41, 5.74) is 4.97. The number of aromatic nitrogens is 4. The third kappa shape index (κ3) is 3.91. The van der Waals surface area contributed by atoms with Gasteiger partial charge in [-0.15, -0.1) is 0 Å². The van der Waals surface area contributed by atoms with Crippen LogP contribution in [0.5, 0.6) is 0 Å². The first-order valence-electron chi connectivity index (χ1n) is 11.5. The highest BCUT2D eigenvalue weighted by Gasteiger charge is 2.22. The van der Waals surface area contributed by atoms with Crippen molar-refractivity contribution in [2.75, 3.05) is 31.6 Å². The summed E-state index contributed by atoms with van der Waals surface area (Å²) in [6.07, 6.45) is 4.38. The number of anilines is 1. The minimum absolute atomic E-state index is 0.0818. The van der Waals surface area contributed by atoms with E-state index in [0.717, 1.165) is 34.3 Å². The van der Waals surface area contributed by atoms with Crippen molar-refractivity contribution < 1.29 is 9.18 Å². The third-order valence-corrected chi connectivity index (χ3v) is 6.38. The number of carbonyl (C=O) groups is 1. The van der Waals surface area contributed by atoms with E-state index < -0.39 is 6.08 Å². The molecule has 0 radical (unpaired) electrons. The highest BCUT2D eigenvalue weighted by atomic mass is 19.1. The SMILES string of the molecule is CN1CCN(c2ccc(-n3c(F)nc4cnc5ccc(C#Cc6cccnc6)cc5c43)cc2)CC1=O. The standard InChI is InChI=1S/C28H21FN6O/c1-33-13-14-34(18-26(33)36)21-7-9-22(10-8-21)35-27-23-15-19(4-5-20-3-2-12-30-16-20)6-11-24(23)31-17-25(27)32-28(35)29/h2-3,6-12,15-17H,13-14,18H2,1H3. The normalized spacial score (nSPS) is 13.8. The molecule has 0 atom stereocenters. The highest BCUT2D eigenvalue weighted by Crippen LogP contribution is 2.29. The maximum absolute atomic E-state index is 15.2. The molecule has 1 saturated heterocycles. The molecular weight excluding hydrogens is 455 g/mol. The minimum atomic E-state index is -0.617. The van der Waals surface area contributed by atoms with Gasteiger partial charge in [-0.2, -0.15) is 4.39 Å². The fourth-order valence-electron chi connectivity index (χ4n) is 4.41. The molecule has 2 aromatic carbocycles. The lowest BCUT2D eigenvalue weighted by Gasteiger charge is -2.33. The Balaban J connectivity index is 1.41. The van der Waals surface area contributed by atoms with Gasteiger partial charge in [0.15, 0.2) is 0 Å². The smallest absolute Gasteiger partial charge is 0.294 e. The average molecular weight is 477 g/mol. The predicted octanol–water partition coefficient (Wildman–Crippen LogP) is 3.79. The lowest BCUT2D eigenvalue weighted by molar-refractivity contribution is -0.129. The summed E-state index contributed by atoms with van der Waals surface area (Å²) in [7, 11) is 1.81. The molecular formula is C28H21FN6O. The Morgan fingerprint density at radius 2 is 1.72 bits per heavy atom. The van der Waals surface area contributed by atoms with Gasteiger partial charge < -0.3 is 9.80 Å². The van der Waals surface area contributed by atoms with E-state index in [0.29, 0.717) is 29.8 Å². The lowest BCUT2D eigenvalue weighted by Crippen LogP contribution is -2.48. The van der Waals surface area contributed by atoms with Crippen molar-refractivity contribution in [1.82, 2.24) is 24.4 Å². The molecule has 1 amide bonds.